The average Bonchev–Trinajstić information content (AvgIpc) is 2.81. The van der Waals surface area contributed by atoms with Crippen LogP contribution in [0, 0.1) is 5.92 Å². The lowest BCUT2D eigenvalue weighted by Gasteiger charge is -2.07. The molecule has 2 aromatic rings. The molecule has 2 heterocycles. The molecule has 0 saturated carbocycles. The van der Waals surface area contributed by atoms with Gasteiger partial charge < -0.3 is 10.2 Å². The number of rotatable bonds is 6. The van der Waals surface area contributed by atoms with Gasteiger partial charge in [0.15, 0.2) is 11.6 Å². The Morgan fingerprint density at radius 1 is 1.44 bits per heavy atom. The number of ether oxygens (including phenoxy) is 1. The van der Waals surface area contributed by atoms with Gasteiger partial charge in [0.2, 0.25) is 0 Å². The van der Waals surface area contributed by atoms with Gasteiger partial charge in [0.1, 0.15) is 11.4 Å². The van der Waals surface area contributed by atoms with E-state index in [-0.39, 0.29) is 0 Å². The van der Waals surface area contributed by atoms with Crippen molar-refractivity contribution in [3.8, 4) is 0 Å². The third kappa shape index (κ3) is 3.16. The number of nitrogen functional groups attached to an aromatic ring is 1. The smallest absolute Gasteiger partial charge is 0.158 e. The first-order chi connectivity index (χ1) is 8.70. The summed E-state index contributed by atoms with van der Waals surface area (Å²) in [6, 6.07) is 1.96. The Balaban J connectivity index is 2.04. The number of hydrogen-bond donors (Lipinski definition) is 2. The lowest BCUT2D eigenvalue weighted by molar-refractivity contribution is 0.106. The molecule has 0 aliphatic heterocycles. The first-order valence-electron chi connectivity index (χ1n) is 5.99. The number of fused-ring (bicyclic) bond motifs is 1. The van der Waals surface area contributed by atoms with Crippen molar-refractivity contribution in [2.24, 2.45) is 11.8 Å². The van der Waals surface area contributed by atoms with E-state index in [9.17, 15) is 0 Å². The molecule has 18 heavy (non-hydrogen) atoms. The second-order valence-corrected chi connectivity index (χ2v) is 5.40. The van der Waals surface area contributed by atoms with Crippen LogP contribution in [0.5, 0.6) is 0 Å². The summed E-state index contributed by atoms with van der Waals surface area (Å²) in [4.78, 5) is 9.72. The van der Waals surface area contributed by atoms with Crippen LogP contribution in [0.25, 0.3) is 10.2 Å². The van der Waals surface area contributed by atoms with Crippen molar-refractivity contribution >= 4 is 27.4 Å². The van der Waals surface area contributed by atoms with Crippen LogP contribution in [-0.4, -0.2) is 16.6 Å². The maximum absolute atomic E-state index is 5.57. The molecule has 3 N–H and O–H groups in total. The molecular weight excluding hydrogens is 248 g/mol. The highest BCUT2D eigenvalue weighted by Crippen LogP contribution is 2.24. The van der Waals surface area contributed by atoms with Gasteiger partial charge in [-0.25, -0.2) is 15.8 Å². The maximum Gasteiger partial charge on any atom is 0.158 e. The minimum atomic E-state index is 0.426. The number of anilines is 1. The van der Waals surface area contributed by atoms with Gasteiger partial charge in [-0.05, 0) is 23.8 Å². The first kappa shape index (κ1) is 13.2. The van der Waals surface area contributed by atoms with Crippen LogP contribution >= 0.6 is 11.3 Å². The molecule has 5 nitrogen and oxygen atoms in total. The summed E-state index contributed by atoms with van der Waals surface area (Å²) in [5, 5.41) is 2.93. The summed E-state index contributed by atoms with van der Waals surface area (Å²) >= 11 is 1.57. The van der Waals surface area contributed by atoms with E-state index in [0.29, 0.717) is 24.2 Å². The van der Waals surface area contributed by atoms with Crippen LogP contribution in [0.1, 0.15) is 26.1 Å². The number of hydrazine groups is 1. The molecule has 0 aliphatic carbocycles. The highest BCUT2D eigenvalue weighted by Gasteiger charge is 2.08. The third-order valence-electron chi connectivity index (χ3n) is 2.58. The van der Waals surface area contributed by atoms with Gasteiger partial charge in [0.25, 0.3) is 0 Å². The minimum absolute atomic E-state index is 0.426. The van der Waals surface area contributed by atoms with E-state index in [1.54, 1.807) is 11.3 Å². The third-order valence-corrected chi connectivity index (χ3v) is 3.39. The molecule has 98 valence electrons. The highest BCUT2D eigenvalue weighted by molar-refractivity contribution is 7.16. The van der Waals surface area contributed by atoms with Crippen LogP contribution < -0.4 is 11.3 Å². The molecule has 0 bridgehead atoms. The molecule has 0 amide bonds. The zero-order valence-corrected chi connectivity index (χ0v) is 11.5. The number of aromatic nitrogens is 2. The fourth-order valence-corrected chi connectivity index (χ4v) is 2.34. The average molecular weight is 266 g/mol. The monoisotopic (exact) mass is 266 g/mol. The van der Waals surface area contributed by atoms with Crippen LogP contribution in [0.15, 0.2) is 11.4 Å². The molecule has 2 aromatic heterocycles. The molecule has 6 heteroatoms. The van der Waals surface area contributed by atoms with Crippen molar-refractivity contribution in [1.82, 2.24) is 9.97 Å². The van der Waals surface area contributed by atoms with Gasteiger partial charge in [-0.3, -0.25) is 0 Å². The van der Waals surface area contributed by atoms with Crippen molar-refractivity contribution in [2.45, 2.75) is 26.9 Å². The van der Waals surface area contributed by atoms with Gasteiger partial charge in [0, 0.05) is 6.61 Å². The van der Waals surface area contributed by atoms with E-state index in [0.717, 1.165) is 23.2 Å². The van der Waals surface area contributed by atoms with Crippen LogP contribution in [0.2, 0.25) is 0 Å². The van der Waals surface area contributed by atoms with E-state index in [1.807, 2.05) is 11.4 Å². The quantitative estimate of drug-likeness (QED) is 0.477. The Morgan fingerprint density at radius 3 is 3.00 bits per heavy atom. The summed E-state index contributed by atoms with van der Waals surface area (Å²) in [5.74, 6) is 7.43. The summed E-state index contributed by atoms with van der Waals surface area (Å²) < 4.78 is 5.57. The highest BCUT2D eigenvalue weighted by atomic mass is 32.1. The van der Waals surface area contributed by atoms with Gasteiger partial charge in [-0.15, -0.1) is 11.3 Å². The molecular formula is C12H18N4OS. The summed E-state index contributed by atoms with van der Waals surface area (Å²) in [7, 11) is 0. The second-order valence-electron chi connectivity index (χ2n) is 4.51. The first-order valence-corrected chi connectivity index (χ1v) is 6.87. The Labute approximate surface area is 110 Å². The molecule has 0 aromatic carbocycles. The number of hydrogen-bond acceptors (Lipinski definition) is 6. The zero-order valence-electron chi connectivity index (χ0n) is 10.6. The van der Waals surface area contributed by atoms with Crippen LogP contribution in [0.4, 0.5) is 5.82 Å². The van der Waals surface area contributed by atoms with Crippen LogP contribution in [0.3, 0.4) is 0 Å². The Hall–Kier alpha value is -1.24. The second kappa shape index (κ2) is 6.08. The molecule has 2 rings (SSSR count). The predicted molar refractivity (Wildman–Crippen MR) is 74.3 cm³/mol. The van der Waals surface area contributed by atoms with Crippen molar-refractivity contribution in [3.05, 3.63) is 17.3 Å². The minimum Gasteiger partial charge on any atom is -0.373 e. The Morgan fingerprint density at radius 2 is 2.28 bits per heavy atom. The standard InChI is InChI=1S/C12H18N4OS/c1-8(2)3-5-17-7-10-14-11(16-13)9-4-6-18-12(9)15-10/h4,6,8H,3,5,7,13H2,1-2H3,(H,14,15,16). The summed E-state index contributed by atoms with van der Waals surface area (Å²) in [6.45, 7) is 5.51. The van der Waals surface area contributed by atoms with Crippen LogP contribution in [-0.2, 0) is 11.3 Å². The molecule has 0 spiro atoms. The number of nitrogens with zero attached hydrogens (tertiary/aromatic N) is 2. The van der Waals surface area contributed by atoms with Crippen molar-refractivity contribution in [2.75, 3.05) is 12.0 Å². The number of nitrogens with two attached hydrogens (primary N) is 1. The molecule has 0 atom stereocenters. The lowest BCUT2D eigenvalue weighted by atomic mass is 10.1. The summed E-state index contributed by atoms with van der Waals surface area (Å²) in [5.41, 5.74) is 2.61. The van der Waals surface area contributed by atoms with Gasteiger partial charge >= 0.3 is 0 Å². The van der Waals surface area contributed by atoms with E-state index in [1.165, 1.54) is 0 Å². The lowest BCUT2D eigenvalue weighted by Crippen LogP contribution is -2.11. The van der Waals surface area contributed by atoms with E-state index >= 15 is 0 Å². The normalized spacial score (nSPS) is 11.3. The van der Waals surface area contributed by atoms with Crippen molar-refractivity contribution in [3.63, 3.8) is 0 Å². The Bertz CT molecular complexity index is 512. The van der Waals surface area contributed by atoms with Gasteiger partial charge in [0.05, 0.1) is 5.39 Å². The van der Waals surface area contributed by atoms with E-state index < -0.39 is 0 Å². The predicted octanol–water partition coefficient (Wildman–Crippen LogP) is 2.54. The molecule has 0 radical (unpaired) electrons. The van der Waals surface area contributed by atoms with E-state index in [2.05, 4.69) is 29.2 Å². The molecule has 0 saturated heterocycles. The fraction of sp³-hybridized carbons (Fsp3) is 0.500. The largest absolute Gasteiger partial charge is 0.373 e. The molecule has 0 fully saturated rings. The number of thiophene rings is 1. The SMILES string of the molecule is CC(C)CCOCc1nc(NN)c2ccsc2n1. The fourth-order valence-electron chi connectivity index (χ4n) is 1.56. The molecule has 0 aliphatic rings. The number of nitrogens with one attached hydrogen (secondary N) is 1. The maximum atomic E-state index is 5.57. The molecule has 0 unspecified atom stereocenters. The summed E-state index contributed by atoms with van der Waals surface area (Å²) in [6.07, 6.45) is 1.04. The van der Waals surface area contributed by atoms with Crippen molar-refractivity contribution < 1.29 is 4.74 Å². The topological polar surface area (TPSA) is 73.1 Å². The van der Waals surface area contributed by atoms with Gasteiger partial charge in [-0.2, -0.15) is 0 Å². The van der Waals surface area contributed by atoms with Crippen molar-refractivity contribution in [1.29, 1.82) is 0 Å². The van der Waals surface area contributed by atoms with E-state index in [4.69, 9.17) is 10.6 Å². The Kier molecular flexibility index (Phi) is 4.46. The van der Waals surface area contributed by atoms with Gasteiger partial charge in [-0.1, -0.05) is 13.8 Å². The zero-order chi connectivity index (χ0) is 13.0.